The Morgan fingerprint density at radius 2 is 1.88 bits per heavy atom. The minimum atomic E-state index is -3.68. The highest BCUT2D eigenvalue weighted by Gasteiger charge is 2.12. The Labute approximate surface area is 147 Å². The Morgan fingerprint density at radius 3 is 2.62 bits per heavy atom. The molecule has 0 amide bonds. The molecule has 0 fully saturated rings. The predicted molar refractivity (Wildman–Crippen MR) is 99.7 cm³/mol. The molecular weight excluding hydrogens is 392 g/mol. The molecule has 1 heterocycles. The van der Waals surface area contributed by atoms with Crippen LogP contribution in [0.1, 0.15) is 0 Å². The molecule has 0 spiro atoms. The summed E-state index contributed by atoms with van der Waals surface area (Å²) in [5.74, 6) is 0.478. The second-order valence-corrected chi connectivity index (χ2v) is 7.41. The van der Waals surface area contributed by atoms with E-state index in [0.29, 0.717) is 11.3 Å². The smallest absolute Gasteiger partial charge is 0.256 e. The van der Waals surface area contributed by atoms with Crippen LogP contribution in [0.25, 0.3) is 10.9 Å². The number of nitrogens with one attached hydrogen (secondary N) is 2. The number of hydrogen-bond acceptors (Lipinski definition) is 5. The van der Waals surface area contributed by atoms with Crippen molar-refractivity contribution in [1.29, 1.82) is 0 Å². The Hall–Kier alpha value is -2.45. The second kappa shape index (κ2) is 6.58. The summed E-state index contributed by atoms with van der Waals surface area (Å²) in [4.78, 5) is 8.51. The van der Waals surface area contributed by atoms with E-state index >= 15 is 0 Å². The topological polar surface area (TPSA) is 84.0 Å². The fourth-order valence-electron chi connectivity index (χ4n) is 2.09. The van der Waals surface area contributed by atoms with Crippen LogP contribution in [0.15, 0.2) is 65.0 Å². The number of fused-ring (bicyclic) bond motifs is 1. The van der Waals surface area contributed by atoms with Crippen molar-refractivity contribution in [3.63, 3.8) is 0 Å². The van der Waals surface area contributed by atoms with E-state index in [-0.39, 0.29) is 5.95 Å². The van der Waals surface area contributed by atoms with Crippen molar-refractivity contribution in [1.82, 2.24) is 9.97 Å². The van der Waals surface area contributed by atoms with E-state index in [0.717, 1.165) is 21.0 Å². The lowest BCUT2D eigenvalue weighted by Crippen LogP contribution is -2.12. The van der Waals surface area contributed by atoms with Gasteiger partial charge < -0.3 is 5.32 Å². The van der Waals surface area contributed by atoms with Crippen LogP contribution in [-0.2, 0) is 10.0 Å². The fourth-order valence-corrected chi connectivity index (χ4v) is 2.92. The first-order valence-electron chi connectivity index (χ1n) is 6.91. The van der Waals surface area contributed by atoms with E-state index in [1.807, 2.05) is 42.5 Å². The van der Waals surface area contributed by atoms with Crippen LogP contribution in [0.2, 0.25) is 0 Å². The van der Waals surface area contributed by atoms with Crippen LogP contribution in [0.3, 0.4) is 0 Å². The predicted octanol–water partition coefficient (Wildman–Crippen LogP) is 4.02. The van der Waals surface area contributed by atoms with Gasteiger partial charge in [-0.1, -0.05) is 40.7 Å². The Balaban J connectivity index is 2.09. The molecule has 0 radical (unpaired) electrons. The largest absolute Gasteiger partial charge is 0.340 e. The molecule has 0 aliphatic heterocycles. The number of halogens is 1. The van der Waals surface area contributed by atoms with Gasteiger partial charge in [0.05, 0.1) is 5.52 Å². The van der Waals surface area contributed by atoms with Crippen molar-refractivity contribution < 1.29 is 8.42 Å². The molecule has 2 aromatic carbocycles. The molecule has 0 aliphatic carbocycles. The standard InChI is InChI=1S/C16H13BrN4O2S/c1-2-24(22,23)21-16-19-14-9-4-3-8-13(14)15(20-16)18-12-7-5-6-11(17)10-12/h2-10H,1H2,(H2,18,19,20,21). The number of sulfonamides is 1. The first kappa shape index (κ1) is 16.4. The van der Waals surface area contributed by atoms with Crippen molar-refractivity contribution in [2.24, 2.45) is 0 Å². The summed E-state index contributed by atoms with van der Waals surface area (Å²) in [5.41, 5.74) is 1.43. The number of aromatic nitrogens is 2. The Bertz CT molecular complexity index is 1020. The summed E-state index contributed by atoms with van der Waals surface area (Å²) in [6.45, 7) is 3.26. The molecule has 0 unspecified atom stereocenters. The minimum absolute atomic E-state index is 0.0221. The first-order valence-corrected chi connectivity index (χ1v) is 9.25. The summed E-state index contributed by atoms with van der Waals surface area (Å²) in [6, 6.07) is 14.9. The fraction of sp³-hybridized carbons (Fsp3) is 0. The molecule has 0 saturated carbocycles. The monoisotopic (exact) mass is 404 g/mol. The van der Waals surface area contributed by atoms with Crippen LogP contribution in [0.4, 0.5) is 17.5 Å². The van der Waals surface area contributed by atoms with Gasteiger partial charge in [0.15, 0.2) is 0 Å². The SMILES string of the molecule is C=CS(=O)(=O)Nc1nc(Nc2cccc(Br)c2)c2ccccc2n1. The molecule has 3 aromatic rings. The maximum atomic E-state index is 11.7. The number of rotatable bonds is 5. The number of benzene rings is 2. The molecule has 3 rings (SSSR count). The lowest BCUT2D eigenvalue weighted by Gasteiger charge is -2.11. The van der Waals surface area contributed by atoms with Gasteiger partial charge in [0.1, 0.15) is 5.82 Å². The van der Waals surface area contributed by atoms with Gasteiger partial charge in [-0.05, 0) is 30.3 Å². The minimum Gasteiger partial charge on any atom is -0.340 e. The quantitative estimate of drug-likeness (QED) is 0.670. The van der Waals surface area contributed by atoms with Crippen LogP contribution >= 0.6 is 15.9 Å². The third-order valence-electron chi connectivity index (χ3n) is 3.14. The van der Waals surface area contributed by atoms with Gasteiger partial charge in [0.2, 0.25) is 5.95 Å². The highest BCUT2D eigenvalue weighted by atomic mass is 79.9. The van der Waals surface area contributed by atoms with Crippen LogP contribution in [0, 0.1) is 0 Å². The van der Waals surface area contributed by atoms with Gasteiger partial charge in [-0.3, -0.25) is 0 Å². The molecule has 0 saturated heterocycles. The Kier molecular flexibility index (Phi) is 4.50. The molecule has 2 N–H and O–H groups in total. The molecule has 0 bridgehead atoms. The normalized spacial score (nSPS) is 11.2. The average Bonchev–Trinajstić information content (AvgIpc) is 2.54. The van der Waals surface area contributed by atoms with Gasteiger partial charge in [0, 0.05) is 21.0 Å². The molecule has 0 aliphatic rings. The molecule has 1 aromatic heterocycles. The van der Waals surface area contributed by atoms with Crippen molar-refractivity contribution in [2.45, 2.75) is 0 Å². The van der Waals surface area contributed by atoms with Gasteiger partial charge in [-0.2, -0.15) is 4.98 Å². The molecule has 24 heavy (non-hydrogen) atoms. The third-order valence-corrected chi connectivity index (χ3v) is 4.54. The highest BCUT2D eigenvalue weighted by Crippen LogP contribution is 2.26. The summed E-state index contributed by atoms with van der Waals surface area (Å²) in [6.07, 6.45) is 0. The molecular formula is C16H13BrN4O2S. The maximum Gasteiger partial charge on any atom is 0.256 e. The van der Waals surface area contributed by atoms with Crippen molar-refractivity contribution >= 4 is 54.3 Å². The summed E-state index contributed by atoms with van der Waals surface area (Å²) in [7, 11) is -3.68. The van der Waals surface area contributed by atoms with Crippen LogP contribution < -0.4 is 10.0 Å². The highest BCUT2D eigenvalue weighted by molar-refractivity contribution is 9.10. The average molecular weight is 405 g/mol. The van der Waals surface area contributed by atoms with Crippen molar-refractivity contribution in [2.75, 3.05) is 10.0 Å². The lowest BCUT2D eigenvalue weighted by molar-refractivity contribution is 0.609. The van der Waals surface area contributed by atoms with Crippen molar-refractivity contribution in [3.8, 4) is 0 Å². The van der Waals surface area contributed by atoms with E-state index in [1.165, 1.54) is 0 Å². The summed E-state index contributed by atoms with van der Waals surface area (Å²) >= 11 is 3.41. The van der Waals surface area contributed by atoms with E-state index in [4.69, 9.17) is 0 Å². The van der Waals surface area contributed by atoms with Gasteiger partial charge in [-0.25, -0.2) is 18.1 Å². The molecule has 8 heteroatoms. The number of anilines is 3. The molecule has 6 nitrogen and oxygen atoms in total. The van der Waals surface area contributed by atoms with Gasteiger partial charge >= 0.3 is 0 Å². The first-order chi connectivity index (χ1) is 11.5. The van der Waals surface area contributed by atoms with E-state index < -0.39 is 10.0 Å². The molecule has 0 atom stereocenters. The summed E-state index contributed by atoms with van der Waals surface area (Å²) < 4.78 is 26.6. The molecule has 122 valence electrons. The Morgan fingerprint density at radius 1 is 1.08 bits per heavy atom. The lowest BCUT2D eigenvalue weighted by atomic mass is 10.2. The zero-order valence-corrected chi connectivity index (χ0v) is 14.8. The zero-order chi connectivity index (χ0) is 17.2. The maximum absolute atomic E-state index is 11.7. The second-order valence-electron chi connectivity index (χ2n) is 4.86. The number of para-hydroxylation sites is 1. The zero-order valence-electron chi connectivity index (χ0n) is 12.4. The van der Waals surface area contributed by atoms with E-state index in [9.17, 15) is 8.42 Å². The van der Waals surface area contributed by atoms with Crippen LogP contribution in [0.5, 0.6) is 0 Å². The van der Waals surface area contributed by atoms with Gasteiger partial charge in [0.25, 0.3) is 10.0 Å². The van der Waals surface area contributed by atoms with Crippen molar-refractivity contribution in [3.05, 3.63) is 65.0 Å². The third kappa shape index (κ3) is 3.72. The number of hydrogen-bond donors (Lipinski definition) is 2. The van der Waals surface area contributed by atoms with E-state index in [1.54, 1.807) is 6.07 Å². The van der Waals surface area contributed by atoms with Gasteiger partial charge in [-0.15, -0.1) is 0 Å². The van der Waals surface area contributed by atoms with Crippen LogP contribution in [-0.4, -0.2) is 18.4 Å². The van der Waals surface area contributed by atoms with E-state index in [2.05, 4.69) is 42.5 Å². The number of nitrogens with zero attached hydrogens (tertiary/aromatic N) is 2. The summed E-state index contributed by atoms with van der Waals surface area (Å²) in [5, 5.41) is 4.78.